The normalized spacial score (nSPS) is 20.7. The van der Waals surface area contributed by atoms with E-state index < -0.39 is 0 Å². The number of carbonyl (C=O) groups is 1. The first-order valence-corrected chi connectivity index (χ1v) is 9.72. The number of nitrogens with one attached hydrogen (secondary N) is 2. The van der Waals surface area contributed by atoms with Crippen LogP contribution < -0.4 is 10.1 Å². The smallest absolute Gasteiger partial charge is 0.220 e. The number of para-hydroxylation sites is 1. The highest BCUT2D eigenvalue weighted by Crippen LogP contribution is 2.43. The molecule has 0 unspecified atom stereocenters. The van der Waals surface area contributed by atoms with Crippen molar-refractivity contribution in [2.24, 2.45) is 0 Å². The van der Waals surface area contributed by atoms with Crippen molar-refractivity contribution in [2.75, 3.05) is 13.2 Å². The molecule has 0 radical (unpaired) electrons. The average molecular weight is 369 g/mol. The zero-order chi connectivity index (χ0) is 18.9. The van der Waals surface area contributed by atoms with Gasteiger partial charge in [0.15, 0.2) is 0 Å². The van der Waals surface area contributed by atoms with E-state index in [1.807, 2.05) is 32.0 Å². The summed E-state index contributed by atoms with van der Waals surface area (Å²) in [5.74, 6) is 0.955. The van der Waals surface area contributed by atoms with Crippen LogP contribution in [0.1, 0.15) is 54.2 Å². The molecule has 4 rings (SSSR count). The molecule has 27 heavy (non-hydrogen) atoms. The van der Waals surface area contributed by atoms with E-state index in [2.05, 4.69) is 21.6 Å². The van der Waals surface area contributed by atoms with Gasteiger partial charge in [-0.25, -0.2) is 0 Å². The number of H-pyrrole nitrogens is 1. The number of hydrogen-bond acceptors (Lipinski definition) is 4. The Kier molecular flexibility index (Phi) is 4.91. The van der Waals surface area contributed by atoms with Crippen LogP contribution in [0.15, 0.2) is 24.3 Å². The summed E-state index contributed by atoms with van der Waals surface area (Å²) in [5, 5.41) is 10.5. The maximum absolute atomic E-state index is 12.7. The second-order valence-corrected chi connectivity index (χ2v) is 7.67. The van der Waals surface area contributed by atoms with Gasteiger partial charge < -0.3 is 14.8 Å². The number of ether oxygens (including phenoxy) is 2. The lowest BCUT2D eigenvalue weighted by atomic mass is 9.82. The Morgan fingerprint density at radius 3 is 2.81 bits per heavy atom. The molecular formula is C21H27N3O3. The van der Waals surface area contributed by atoms with Crippen LogP contribution in [0.25, 0.3) is 0 Å². The van der Waals surface area contributed by atoms with Crippen LogP contribution in [0.2, 0.25) is 0 Å². The van der Waals surface area contributed by atoms with Gasteiger partial charge in [-0.15, -0.1) is 0 Å². The van der Waals surface area contributed by atoms with Crippen molar-refractivity contribution in [1.82, 2.24) is 15.5 Å². The topological polar surface area (TPSA) is 76.2 Å². The fraction of sp³-hybridized carbons (Fsp3) is 0.524. The molecule has 3 heterocycles. The average Bonchev–Trinajstić information content (AvgIpc) is 2.98. The standard InChI is InChI=1S/C21H27N3O3/c1-14-16(15(2)24-23-14)7-8-20(25)22-18-13-21(9-11-26-12-10-21)27-19-6-4-3-5-17(18)19/h3-6,18H,7-13H2,1-2H3,(H,22,25)(H,23,24)/t18-/m0/s1. The number of aromatic nitrogens is 2. The van der Waals surface area contributed by atoms with Gasteiger partial charge in [0.25, 0.3) is 0 Å². The fourth-order valence-electron chi connectivity index (χ4n) is 4.24. The minimum atomic E-state index is -0.234. The molecule has 1 spiro atoms. The molecule has 1 aromatic heterocycles. The molecule has 1 aromatic carbocycles. The molecule has 0 saturated carbocycles. The van der Waals surface area contributed by atoms with Gasteiger partial charge in [-0.2, -0.15) is 5.10 Å². The first-order chi connectivity index (χ1) is 13.1. The van der Waals surface area contributed by atoms with E-state index in [-0.39, 0.29) is 17.6 Å². The Balaban J connectivity index is 1.47. The summed E-state index contributed by atoms with van der Waals surface area (Å²) in [6.45, 7) is 5.39. The molecule has 0 bridgehead atoms. The Morgan fingerprint density at radius 2 is 2.07 bits per heavy atom. The Bertz CT molecular complexity index is 804. The van der Waals surface area contributed by atoms with E-state index in [4.69, 9.17) is 9.47 Å². The van der Waals surface area contributed by atoms with Gasteiger partial charge in [0.05, 0.1) is 24.9 Å². The van der Waals surface area contributed by atoms with E-state index in [0.717, 1.165) is 47.5 Å². The second kappa shape index (κ2) is 7.35. The summed E-state index contributed by atoms with van der Waals surface area (Å²) < 4.78 is 11.9. The fourth-order valence-corrected chi connectivity index (χ4v) is 4.24. The first-order valence-electron chi connectivity index (χ1n) is 9.72. The largest absolute Gasteiger partial charge is 0.487 e. The van der Waals surface area contributed by atoms with Crippen LogP contribution in [-0.4, -0.2) is 34.9 Å². The lowest BCUT2D eigenvalue weighted by Crippen LogP contribution is -2.48. The molecule has 2 aromatic rings. The Hall–Kier alpha value is -2.34. The number of amides is 1. The summed E-state index contributed by atoms with van der Waals surface area (Å²) in [6.07, 6.45) is 3.67. The highest BCUT2D eigenvalue weighted by Gasteiger charge is 2.42. The molecule has 2 aliphatic heterocycles. The van der Waals surface area contributed by atoms with Gasteiger partial charge in [0, 0.05) is 36.9 Å². The Morgan fingerprint density at radius 1 is 1.30 bits per heavy atom. The molecule has 1 amide bonds. The van der Waals surface area contributed by atoms with E-state index in [9.17, 15) is 4.79 Å². The number of rotatable bonds is 4. The molecular weight excluding hydrogens is 342 g/mol. The van der Waals surface area contributed by atoms with Gasteiger partial charge >= 0.3 is 0 Å². The number of fused-ring (bicyclic) bond motifs is 1. The lowest BCUT2D eigenvalue weighted by Gasteiger charge is -2.44. The molecule has 2 N–H and O–H groups in total. The van der Waals surface area contributed by atoms with Gasteiger partial charge in [0.1, 0.15) is 11.4 Å². The van der Waals surface area contributed by atoms with Gasteiger partial charge in [-0.05, 0) is 31.9 Å². The van der Waals surface area contributed by atoms with Crippen LogP contribution >= 0.6 is 0 Å². The molecule has 1 fully saturated rings. The summed E-state index contributed by atoms with van der Waals surface area (Å²) in [4.78, 5) is 12.7. The van der Waals surface area contributed by atoms with Crippen molar-refractivity contribution >= 4 is 5.91 Å². The van der Waals surface area contributed by atoms with Crippen LogP contribution in [-0.2, 0) is 16.0 Å². The van der Waals surface area contributed by atoms with E-state index in [1.165, 1.54) is 0 Å². The SMILES string of the molecule is Cc1n[nH]c(C)c1CCC(=O)N[C@H]1CC2(CCOCC2)Oc2ccccc21. The Labute approximate surface area is 159 Å². The quantitative estimate of drug-likeness (QED) is 0.868. The van der Waals surface area contributed by atoms with E-state index in [0.29, 0.717) is 26.1 Å². The molecule has 1 saturated heterocycles. The van der Waals surface area contributed by atoms with E-state index >= 15 is 0 Å². The highest BCUT2D eigenvalue weighted by atomic mass is 16.5. The van der Waals surface area contributed by atoms with E-state index in [1.54, 1.807) is 0 Å². The van der Waals surface area contributed by atoms with Crippen LogP contribution in [0.5, 0.6) is 5.75 Å². The van der Waals surface area contributed by atoms with Crippen molar-refractivity contribution in [1.29, 1.82) is 0 Å². The summed E-state index contributed by atoms with van der Waals surface area (Å²) >= 11 is 0. The third-order valence-electron chi connectivity index (χ3n) is 5.82. The van der Waals surface area contributed by atoms with Crippen LogP contribution in [0.4, 0.5) is 0 Å². The summed E-state index contributed by atoms with van der Waals surface area (Å²) in [6, 6.07) is 8.02. The van der Waals surface area contributed by atoms with Crippen LogP contribution in [0.3, 0.4) is 0 Å². The third-order valence-corrected chi connectivity index (χ3v) is 5.82. The molecule has 0 aliphatic carbocycles. The number of aromatic amines is 1. The van der Waals surface area contributed by atoms with Crippen molar-refractivity contribution in [2.45, 2.75) is 57.6 Å². The third kappa shape index (κ3) is 3.72. The minimum Gasteiger partial charge on any atom is -0.487 e. The van der Waals surface area contributed by atoms with Crippen molar-refractivity contribution in [3.05, 3.63) is 46.8 Å². The maximum Gasteiger partial charge on any atom is 0.220 e. The number of hydrogen-bond donors (Lipinski definition) is 2. The highest BCUT2D eigenvalue weighted by molar-refractivity contribution is 5.77. The molecule has 144 valence electrons. The molecule has 6 nitrogen and oxygen atoms in total. The van der Waals surface area contributed by atoms with Crippen molar-refractivity contribution < 1.29 is 14.3 Å². The maximum atomic E-state index is 12.7. The number of nitrogens with zero attached hydrogens (tertiary/aromatic N) is 1. The summed E-state index contributed by atoms with van der Waals surface area (Å²) in [7, 11) is 0. The molecule has 1 atom stereocenters. The predicted molar refractivity (Wildman–Crippen MR) is 102 cm³/mol. The van der Waals surface area contributed by atoms with Gasteiger partial charge in [-0.1, -0.05) is 18.2 Å². The van der Waals surface area contributed by atoms with Gasteiger partial charge in [0.2, 0.25) is 5.91 Å². The number of aryl methyl sites for hydroxylation is 2. The second-order valence-electron chi connectivity index (χ2n) is 7.67. The zero-order valence-corrected chi connectivity index (χ0v) is 16.0. The molecule has 6 heteroatoms. The van der Waals surface area contributed by atoms with Crippen molar-refractivity contribution in [3.63, 3.8) is 0 Å². The predicted octanol–water partition coefficient (Wildman–Crippen LogP) is 3.15. The van der Waals surface area contributed by atoms with Gasteiger partial charge in [-0.3, -0.25) is 9.89 Å². The minimum absolute atomic E-state index is 0.0212. The monoisotopic (exact) mass is 369 g/mol. The van der Waals surface area contributed by atoms with Crippen LogP contribution in [0, 0.1) is 13.8 Å². The lowest BCUT2D eigenvalue weighted by molar-refractivity contribution is -0.123. The molecule has 2 aliphatic rings. The first kappa shape index (κ1) is 18.0. The number of benzene rings is 1. The van der Waals surface area contributed by atoms with Crippen molar-refractivity contribution in [3.8, 4) is 5.75 Å². The zero-order valence-electron chi connectivity index (χ0n) is 16.0. The number of carbonyl (C=O) groups excluding carboxylic acids is 1. The summed E-state index contributed by atoms with van der Waals surface area (Å²) in [5.41, 5.74) is 3.98.